The molecule has 0 aliphatic carbocycles. The lowest BCUT2D eigenvalue weighted by atomic mass is 9.97. The van der Waals surface area contributed by atoms with Gasteiger partial charge in [0.25, 0.3) is 0 Å². The molecule has 0 saturated carbocycles. The van der Waals surface area contributed by atoms with E-state index in [-0.39, 0.29) is 0 Å². The van der Waals surface area contributed by atoms with Crippen molar-refractivity contribution in [2.24, 2.45) is 5.41 Å². The van der Waals surface area contributed by atoms with Crippen LogP contribution in [-0.4, -0.2) is 24.0 Å². The van der Waals surface area contributed by atoms with Crippen molar-refractivity contribution in [2.45, 2.75) is 59.6 Å². The molecule has 6 heteroatoms. The quantitative estimate of drug-likeness (QED) is 0.574. The second-order valence-electron chi connectivity index (χ2n) is 5.35. The van der Waals surface area contributed by atoms with Crippen molar-refractivity contribution in [3.63, 3.8) is 0 Å². The van der Waals surface area contributed by atoms with Crippen LogP contribution in [0.4, 0.5) is 13.2 Å². The first kappa shape index (κ1) is 16.2. The van der Waals surface area contributed by atoms with E-state index in [9.17, 15) is 18.0 Å². The number of carbonyl (C=O) groups is 1. The van der Waals surface area contributed by atoms with Crippen molar-refractivity contribution in [2.75, 3.05) is 0 Å². The average Bonchev–Trinajstić information content (AvgIpc) is 1.97. The first-order chi connectivity index (χ1) is 7.27. The van der Waals surface area contributed by atoms with Gasteiger partial charge in [-0.25, -0.2) is 0 Å². The molecule has 0 fully saturated rings. The summed E-state index contributed by atoms with van der Waals surface area (Å²) in [5, 5.41) is 0. The van der Waals surface area contributed by atoms with Gasteiger partial charge in [-0.2, -0.15) is 13.2 Å². The van der Waals surface area contributed by atoms with Gasteiger partial charge in [-0.05, 0) is 41.5 Å². The molecule has 0 aliphatic rings. The van der Waals surface area contributed by atoms with Crippen LogP contribution in [0, 0.1) is 5.41 Å². The molecular formula is C11H19F3O3. The molecule has 0 saturated heterocycles. The van der Waals surface area contributed by atoms with Crippen LogP contribution in [-0.2, 0) is 14.3 Å². The maximum Gasteiger partial charge on any atom is 0.417 e. The van der Waals surface area contributed by atoms with Gasteiger partial charge in [0.05, 0.1) is 5.41 Å². The van der Waals surface area contributed by atoms with Gasteiger partial charge in [0.15, 0.2) is 5.60 Å². The first-order valence-corrected chi connectivity index (χ1v) is 5.23. The number of esters is 1. The molecule has 0 bridgehead atoms. The molecule has 17 heavy (non-hydrogen) atoms. The molecular weight excluding hydrogens is 237 g/mol. The SMILES string of the molecule is CC(OC(=O)C(C)(C)C)OC(C)(C)C(F)(F)F. The Balaban J connectivity index is 4.48. The number of alkyl halides is 3. The smallest absolute Gasteiger partial charge is 0.417 e. The standard InChI is InChI=1S/C11H19F3O3/c1-7(16-8(15)9(2,3)4)17-10(5,6)11(12,13)14/h7H,1-6H3. The fourth-order valence-corrected chi connectivity index (χ4v) is 0.833. The number of hydrogen-bond acceptors (Lipinski definition) is 3. The molecule has 0 N–H and O–H groups in total. The third kappa shape index (κ3) is 4.93. The topological polar surface area (TPSA) is 35.5 Å². The molecule has 1 atom stereocenters. The summed E-state index contributed by atoms with van der Waals surface area (Å²) in [6.45, 7) is 7.85. The molecule has 0 amide bonds. The number of rotatable bonds is 3. The predicted molar refractivity (Wildman–Crippen MR) is 56.2 cm³/mol. The fraction of sp³-hybridized carbons (Fsp3) is 0.909. The van der Waals surface area contributed by atoms with Gasteiger partial charge in [0.1, 0.15) is 0 Å². The summed E-state index contributed by atoms with van der Waals surface area (Å²) in [6, 6.07) is 0. The van der Waals surface area contributed by atoms with E-state index in [4.69, 9.17) is 9.47 Å². The van der Waals surface area contributed by atoms with E-state index >= 15 is 0 Å². The monoisotopic (exact) mass is 256 g/mol. The second kappa shape index (κ2) is 4.84. The van der Waals surface area contributed by atoms with Crippen molar-refractivity contribution in [1.82, 2.24) is 0 Å². The van der Waals surface area contributed by atoms with E-state index in [2.05, 4.69) is 0 Å². The van der Waals surface area contributed by atoms with Crippen molar-refractivity contribution < 1.29 is 27.4 Å². The maximum absolute atomic E-state index is 12.5. The van der Waals surface area contributed by atoms with E-state index in [0.29, 0.717) is 0 Å². The molecule has 3 nitrogen and oxygen atoms in total. The highest BCUT2D eigenvalue weighted by atomic mass is 19.4. The minimum Gasteiger partial charge on any atom is -0.436 e. The van der Waals surface area contributed by atoms with E-state index < -0.39 is 29.5 Å². The number of carbonyl (C=O) groups excluding carboxylic acids is 1. The molecule has 0 heterocycles. The molecule has 0 rings (SSSR count). The molecule has 0 spiro atoms. The minimum absolute atomic E-state index is 0.608. The van der Waals surface area contributed by atoms with E-state index in [1.54, 1.807) is 20.8 Å². The normalized spacial score (nSPS) is 15.6. The summed E-state index contributed by atoms with van der Waals surface area (Å²) in [5.41, 5.74) is -3.13. The van der Waals surface area contributed by atoms with Gasteiger partial charge in [-0.15, -0.1) is 0 Å². The molecule has 0 aromatic heterocycles. The predicted octanol–water partition coefficient (Wildman–Crippen LogP) is 3.28. The zero-order valence-electron chi connectivity index (χ0n) is 10.9. The van der Waals surface area contributed by atoms with Gasteiger partial charge in [-0.1, -0.05) is 0 Å². The second-order valence-corrected chi connectivity index (χ2v) is 5.35. The summed E-state index contributed by atoms with van der Waals surface area (Å²) in [7, 11) is 0. The van der Waals surface area contributed by atoms with Gasteiger partial charge >= 0.3 is 12.1 Å². The van der Waals surface area contributed by atoms with E-state index in [0.717, 1.165) is 13.8 Å². The Morgan fingerprint density at radius 2 is 1.47 bits per heavy atom. The lowest BCUT2D eigenvalue weighted by Crippen LogP contribution is -2.45. The van der Waals surface area contributed by atoms with Crippen LogP contribution in [0.5, 0.6) is 0 Å². The van der Waals surface area contributed by atoms with E-state index in [1.165, 1.54) is 6.92 Å². The highest BCUT2D eigenvalue weighted by Crippen LogP contribution is 2.34. The summed E-state index contributed by atoms with van der Waals surface area (Å²) >= 11 is 0. The Morgan fingerprint density at radius 1 is 1.06 bits per heavy atom. The highest BCUT2D eigenvalue weighted by molar-refractivity contribution is 5.75. The van der Waals surface area contributed by atoms with Gasteiger partial charge in [0, 0.05) is 0 Å². The minimum atomic E-state index is -4.52. The molecule has 102 valence electrons. The van der Waals surface area contributed by atoms with Gasteiger partial charge in [0.2, 0.25) is 6.29 Å². The average molecular weight is 256 g/mol. The first-order valence-electron chi connectivity index (χ1n) is 5.23. The van der Waals surface area contributed by atoms with Crippen LogP contribution >= 0.6 is 0 Å². The Labute approximate surface area is 99.3 Å². The zero-order chi connectivity index (χ0) is 14.1. The van der Waals surface area contributed by atoms with Crippen molar-refractivity contribution in [1.29, 1.82) is 0 Å². The summed E-state index contributed by atoms with van der Waals surface area (Å²) in [6.07, 6.45) is -5.77. The maximum atomic E-state index is 12.5. The van der Waals surface area contributed by atoms with Crippen molar-refractivity contribution in [3.05, 3.63) is 0 Å². The molecule has 0 aliphatic heterocycles. The third-order valence-electron chi connectivity index (χ3n) is 2.03. The molecule has 1 unspecified atom stereocenters. The molecule has 0 aromatic carbocycles. The Kier molecular flexibility index (Phi) is 4.62. The lowest BCUT2D eigenvalue weighted by Gasteiger charge is -2.31. The fourth-order valence-electron chi connectivity index (χ4n) is 0.833. The Bertz CT molecular complexity index is 277. The van der Waals surface area contributed by atoms with Gasteiger partial charge in [-0.3, -0.25) is 4.79 Å². The lowest BCUT2D eigenvalue weighted by molar-refractivity contribution is -0.304. The highest BCUT2D eigenvalue weighted by Gasteiger charge is 2.50. The van der Waals surface area contributed by atoms with Crippen LogP contribution in [0.15, 0.2) is 0 Å². The van der Waals surface area contributed by atoms with Crippen molar-refractivity contribution >= 4 is 5.97 Å². The van der Waals surface area contributed by atoms with Crippen LogP contribution in [0.25, 0.3) is 0 Å². The molecule has 0 radical (unpaired) electrons. The van der Waals surface area contributed by atoms with Crippen molar-refractivity contribution in [3.8, 4) is 0 Å². The Hall–Kier alpha value is -0.780. The van der Waals surface area contributed by atoms with Crippen LogP contribution in [0.1, 0.15) is 41.5 Å². The number of hydrogen-bond donors (Lipinski definition) is 0. The van der Waals surface area contributed by atoms with Gasteiger partial charge < -0.3 is 9.47 Å². The summed E-state index contributed by atoms with van der Waals surface area (Å²) < 4.78 is 47.0. The van der Waals surface area contributed by atoms with Crippen LogP contribution in [0.2, 0.25) is 0 Å². The number of ether oxygens (including phenoxy) is 2. The molecule has 0 aromatic rings. The number of halogens is 3. The Morgan fingerprint density at radius 3 is 1.76 bits per heavy atom. The third-order valence-corrected chi connectivity index (χ3v) is 2.03. The zero-order valence-corrected chi connectivity index (χ0v) is 10.9. The summed E-state index contributed by atoms with van der Waals surface area (Å²) in [4.78, 5) is 11.4. The largest absolute Gasteiger partial charge is 0.436 e. The summed E-state index contributed by atoms with van der Waals surface area (Å²) in [5.74, 6) is -0.608. The van der Waals surface area contributed by atoms with E-state index in [1.807, 2.05) is 0 Å². The van der Waals surface area contributed by atoms with Crippen LogP contribution in [0.3, 0.4) is 0 Å². The van der Waals surface area contributed by atoms with Crippen LogP contribution < -0.4 is 0 Å².